The van der Waals surface area contributed by atoms with E-state index in [2.05, 4.69) is 20.9 Å². The van der Waals surface area contributed by atoms with Crippen LogP contribution in [0.3, 0.4) is 0 Å². The summed E-state index contributed by atoms with van der Waals surface area (Å²) >= 11 is 3.44. The Morgan fingerprint density at radius 2 is 2.00 bits per heavy atom. The van der Waals surface area contributed by atoms with Gasteiger partial charge in [-0.05, 0) is 50.4 Å². The van der Waals surface area contributed by atoms with Crippen molar-refractivity contribution in [2.24, 2.45) is 0 Å². The molecule has 20 heavy (non-hydrogen) atoms. The minimum atomic E-state index is -0.529. The highest BCUT2D eigenvalue weighted by atomic mass is 79.9. The Morgan fingerprint density at radius 3 is 2.65 bits per heavy atom. The Kier molecular flexibility index (Phi) is 3.99. The van der Waals surface area contributed by atoms with Crippen LogP contribution in [0.1, 0.15) is 20.8 Å². The molecule has 0 aliphatic rings. The molecule has 0 aliphatic carbocycles. The van der Waals surface area contributed by atoms with Gasteiger partial charge in [-0.2, -0.15) is 0 Å². The van der Waals surface area contributed by atoms with E-state index in [1.54, 1.807) is 13.2 Å². The van der Waals surface area contributed by atoms with Gasteiger partial charge in [-0.3, -0.25) is 4.90 Å². The number of nitrogens with zero attached hydrogens (tertiary/aromatic N) is 2. The highest BCUT2D eigenvalue weighted by Gasteiger charge is 2.22. The third kappa shape index (κ3) is 3.28. The number of benzene rings is 1. The van der Waals surface area contributed by atoms with Gasteiger partial charge in [0.1, 0.15) is 11.4 Å². The van der Waals surface area contributed by atoms with Gasteiger partial charge in [-0.15, -0.1) is 0 Å². The van der Waals surface area contributed by atoms with E-state index in [1.807, 2.05) is 45.0 Å². The summed E-state index contributed by atoms with van der Waals surface area (Å²) in [6.45, 7) is 5.52. The minimum absolute atomic E-state index is 0.416. The highest BCUT2D eigenvalue weighted by molar-refractivity contribution is 9.10. The first-order chi connectivity index (χ1) is 9.28. The topological polar surface area (TPSA) is 42.4 Å². The van der Waals surface area contributed by atoms with Crippen molar-refractivity contribution >= 4 is 38.6 Å². The molecule has 2 rings (SSSR count). The maximum atomic E-state index is 12.1. The summed E-state index contributed by atoms with van der Waals surface area (Å²) in [7, 11) is 1.66. The smallest absolute Gasteiger partial charge is 0.415 e. The van der Waals surface area contributed by atoms with Crippen LogP contribution < -0.4 is 4.90 Å². The molecule has 0 N–H and O–H groups in total. The van der Waals surface area contributed by atoms with Gasteiger partial charge in [0, 0.05) is 23.1 Å². The molecule has 0 unspecified atom stereocenters. The fraction of sp³-hybridized carbons (Fsp3) is 0.333. The maximum absolute atomic E-state index is 12.1. The Balaban J connectivity index is 2.40. The first kappa shape index (κ1) is 14.8. The standard InChI is InChI=1S/C15H17BrN2O2/c1-15(2,3)20-14(19)18(4)13-12-6-5-11(16)9-10(12)7-8-17-13/h5-9H,1-4H3. The average molecular weight is 337 g/mol. The van der Waals surface area contributed by atoms with Crippen LogP contribution in [0, 0.1) is 0 Å². The molecular formula is C15H17BrN2O2. The van der Waals surface area contributed by atoms with Crippen molar-refractivity contribution < 1.29 is 9.53 Å². The molecule has 0 aliphatic heterocycles. The second-order valence-corrected chi connectivity index (χ2v) is 6.46. The van der Waals surface area contributed by atoms with Gasteiger partial charge in [0.25, 0.3) is 0 Å². The quantitative estimate of drug-likeness (QED) is 0.776. The molecule has 0 bridgehead atoms. The summed E-state index contributed by atoms with van der Waals surface area (Å²) in [6.07, 6.45) is 1.27. The largest absolute Gasteiger partial charge is 0.443 e. The number of fused-ring (bicyclic) bond motifs is 1. The molecule has 0 saturated carbocycles. The van der Waals surface area contributed by atoms with E-state index in [0.29, 0.717) is 5.82 Å². The van der Waals surface area contributed by atoms with Gasteiger partial charge in [-0.25, -0.2) is 9.78 Å². The number of carbonyl (C=O) groups excluding carboxylic acids is 1. The van der Waals surface area contributed by atoms with Crippen molar-refractivity contribution in [3.8, 4) is 0 Å². The molecular weight excluding hydrogens is 320 g/mol. The van der Waals surface area contributed by atoms with Gasteiger partial charge in [0.05, 0.1) is 0 Å². The minimum Gasteiger partial charge on any atom is -0.443 e. The lowest BCUT2D eigenvalue weighted by atomic mass is 10.1. The van der Waals surface area contributed by atoms with Crippen LogP contribution in [0.15, 0.2) is 34.9 Å². The van der Waals surface area contributed by atoms with Crippen LogP contribution in [0.2, 0.25) is 0 Å². The molecule has 1 aromatic carbocycles. The molecule has 1 amide bonds. The van der Waals surface area contributed by atoms with E-state index in [-0.39, 0.29) is 0 Å². The predicted octanol–water partition coefficient (Wildman–Crippen LogP) is 4.37. The second kappa shape index (κ2) is 5.40. The number of anilines is 1. The molecule has 0 atom stereocenters. The number of hydrogen-bond acceptors (Lipinski definition) is 3. The van der Waals surface area contributed by atoms with Gasteiger partial charge < -0.3 is 4.74 Å². The number of amides is 1. The summed E-state index contributed by atoms with van der Waals surface area (Å²) in [4.78, 5) is 17.9. The molecule has 4 nitrogen and oxygen atoms in total. The zero-order chi connectivity index (χ0) is 14.9. The predicted molar refractivity (Wildman–Crippen MR) is 84.1 cm³/mol. The first-order valence-corrected chi connectivity index (χ1v) is 7.08. The zero-order valence-electron chi connectivity index (χ0n) is 12.0. The first-order valence-electron chi connectivity index (χ1n) is 6.29. The molecule has 5 heteroatoms. The summed E-state index contributed by atoms with van der Waals surface area (Å²) in [5.41, 5.74) is -0.529. The fourth-order valence-corrected chi connectivity index (χ4v) is 2.20. The van der Waals surface area contributed by atoms with Crippen molar-refractivity contribution in [2.45, 2.75) is 26.4 Å². The monoisotopic (exact) mass is 336 g/mol. The molecule has 1 heterocycles. The average Bonchev–Trinajstić information content (AvgIpc) is 2.34. The number of carbonyl (C=O) groups is 1. The van der Waals surface area contributed by atoms with Crippen LogP contribution in [-0.4, -0.2) is 23.7 Å². The highest BCUT2D eigenvalue weighted by Crippen LogP contribution is 2.27. The lowest BCUT2D eigenvalue weighted by Gasteiger charge is -2.24. The molecule has 0 fully saturated rings. The number of ether oxygens (including phenoxy) is 1. The van der Waals surface area contributed by atoms with E-state index >= 15 is 0 Å². The molecule has 2 aromatic rings. The summed E-state index contributed by atoms with van der Waals surface area (Å²) in [5, 5.41) is 1.92. The number of pyridine rings is 1. The normalized spacial score (nSPS) is 11.4. The number of hydrogen-bond donors (Lipinski definition) is 0. The van der Waals surface area contributed by atoms with Crippen LogP contribution in [0.25, 0.3) is 10.8 Å². The van der Waals surface area contributed by atoms with Crippen molar-refractivity contribution in [2.75, 3.05) is 11.9 Å². The Morgan fingerprint density at radius 1 is 1.30 bits per heavy atom. The summed E-state index contributed by atoms with van der Waals surface area (Å²) < 4.78 is 6.35. The molecule has 1 aromatic heterocycles. The number of rotatable bonds is 1. The Labute approximate surface area is 126 Å². The Bertz CT molecular complexity index is 650. The van der Waals surface area contributed by atoms with Gasteiger partial charge in [0.15, 0.2) is 0 Å². The van der Waals surface area contributed by atoms with Gasteiger partial charge in [-0.1, -0.05) is 15.9 Å². The van der Waals surface area contributed by atoms with E-state index in [0.717, 1.165) is 15.2 Å². The van der Waals surface area contributed by atoms with Gasteiger partial charge >= 0.3 is 6.09 Å². The molecule has 0 radical (unpaired) electrons. The van der Waals surface area contributed by atoms with E-state index in [1.165, 1.54) is 4.90 Å². The molecule has 0 saturated heterocycles. The molecule has 0 spiro atoms. The van der Waals surface area contributed by atoms with Crippen LogP contribution >= 0.6 is 15.9 Å². The van der Waals surface area contributed by atoms with Gasteiger partial charge in [0.2, 0.25) is 0 Å². The van der Waals surface area contributed by atoms with E-state index < -0.39 is 11.7 Å². The number of halogens is 1. The Hall–Kier alpha value is -1.62. The van der Waals surface area contributed by atoms with Crippen LogP contribution in [0.4, 0.5) is 10.6 Å². The summed E-state index contributed by atoms with van der Waals surface area (Å²) in [5.74, 6) is 0.587. The van der Waals surface area contributed by atoms with Crippen molar-refractivity contribution in [3.05, 3.63) is 34.9 Å². The van der Waals surface area contributed by atoms with E-state index in [4.69, 9.17) is 4.74 Å². The van der Waals surface area contributed by atoms with E-state index in [9.17, 15) is 4.79 Å². The fourth-order valence-electron chi connectivity index (χ4n) is 1.82. The lowest BCUT2D eigenvalue weighted by Crippen LogP contribution is -2.34. The third-order valence-electron chi connectivity index (χ3n) is 2.69. The number of aromatic nitrogens is 1. The second-order valence-electron chi connectivity index (χ2n) is 5.54. The van der Waals surface area contributed by atoms with Crippen LogP contribution in [-0.2, 0) is 4.74 Å². The SMILES string of the molecule is CN(C(=O)OC(C)(C)C)c1nccc2cc(Br)ccc12. The summed E-state index contributed by atoms with van der Waals surface area (Å²) in [6, 6.07) is 7.76. The lowest BCUT2D eigenvalue weighted by molar-refractivity contribution is 0.0589. The third-order valence-corrected chi connectivity index (χ3v) is 3.18. The van der Waals surface area contributed by atoms with Crippen molar-refractivity contribution in [3.63, 3.8) is 0 Å². The zero-order valence-corrected chi connectivity index (χ0v) is 13.6. The molecule has 106 valence electrons. The van der Waals surface area contributed by atoms with Crippen LogP contribution in [0.5, 0.6) is 0 Å². The maximum Gasteiger partial charge on any atom is 0.415 e. The van der Waals surface area contributed by atoms with Crippen molar-refractivity contribution in [1.82, 2.24) is 4.98 Å². The van der Waals surface area contributed by atoms with Crippen molar-refractivity contribution in [1.29, 1.82) is 0 Å².